The van der Waals surface area contributed by atoms with Gasteiger partial charge in [0.05, 0.1) is 6.54 Å². The smallest absolute Gasteiger partial charge is 0.282 e. The van der Waals surface area contributed by atoms with Gasteiger partial charge in [-0.1, -0.05) is 13.8 Å². The summed E-state index contributed by atoms with van der Waals surface area (Å²) in [6.07, 6.45) is 3.06. The van der Waals surface area contributed by atoms with Crippen LogP contribution in [0.2, 0.25) is 0 Å². The van der Waals surface area contributed by atoms with E-state index in [2.05, 4.69) is 13.8 Å². The summed E-state index contributed by atoms with van der Waals surface area (Å²) in [6.45, 7) is 5.93. The average molecular weight is 326 g/mol. The Hall–Kier alpha value is -0.850. The van der Waals surface area contributed by atoms with Crippen LogP contribution in [-0.2, 0) is 16.8 Å². The zero-order chi connectivity index (χ0) is 15.9. The lowest BCUT2D eigenvalue weighted by Gasteiger charge is -2.32. The standard InChI is InChI=1S/C16H26N2O3S/c1-12-6-8-18(9-7-12)22(19,20)17(3)11-14-4-5-16(21-14)15-10-13(15)2/h4-5,12-13,15H,6-11H2,1-3H3/t13-,15+/m0/s1. The quantitative estimate of drug-likeness (QED) is 0.836. The van der Waals surface area contributed by atoms with E-state index in [-0.39, 0.29) is 0 Å². The monoisotopic (exact) mass is 326 g/mol. The van der Waals surface area contributed by atoms with Gasteiger partial charge in [0, 0.05) is 26.1 Å². The summed E-state index contributed by atoms with van der Waals surface area (Å²) in [5, 5.41) is 0. The van der Waals surface area contributed by atoms with Crippen LogP contribution in [0.5, 0.6) is 0 Å². The lowest BCUT2D eigenvalue weighted by molar-refractivity contribution is 0.266. The molecule has 22 heavy (non-hydrogen) atoms. The van der Waals surface area contributed by atoms with Crippen LogP contribution in [0.1, 0.15) is 50.5 Å². The number of piperidine rings is 1. The Morgan fingerprint density at radius 1 is 1.27 bits per heavy atom. The number of hydrogen-bond acceptors (Lipinski definition) is 3. The van der Waals surface area contributed by atoms with Gasteiger partial charge in [0.1, 0.15) is 11.5 Å². The van der Waals surface area contributed by atoms with Crippen LogP contribution in [-0.4, -0.2) is 37.2 Å². The minimum Gasteiger partial charge on any atom is -0.464 e. The summed E-state index contributed by atoms with van der Waals surface area (Å²) in [5.74, 6) is 3.56. The summed E-state index contributed by atoms with van der Waals surface area (Å²) in [4.78, 5) is 0. The Labute approximate surface area is 133 Å². The number of furan rings is 1. The Kier molecular flexibility index (Phi) is 4.36. The Bertz CT molecular complexity index is 617. The van der Waals surface area contributed by atoms with Gasteiger partial charge in [-0.3, -0.25) is 0 Å². The molecular weight excluding hydrogens is 300 g/mol. The molecule has 0 bridgehead atoms. The van der Waals surface area contributed by atoms with E-state index >= 15 is 0 Å². The molecule has 6 heteroatoms. The maximum atomic E-state index is 12.6. The van der Waals surface area contributed by atoms with E-state index in [1.807, 2.05) is 12.1 Å². The van der Waals surface area contributed by atoms with Crippen molar-refractivity contribution < 1.29 is 12.8 Å². The molecule has 1 saturated heterocycles. The molecule has 0 spiro atoms. The van der Waals surface area contributed by atoms with Crippen LogP contribution in [0.25, 0.3) is 0 Å². The second-order valence-electron chi connectivity index (χ2n) is 6.97. The molecule has 1 aromatic rings. The topological polar surface area (TPSA) is 53.8 Å². The van der Waals surface area contributed by atoms with Crippen LogP contribution in [0, 0.1) is 11.8 Å². The van der Waals surface area contributed by atoms with E-state index in [1.54, 1.807) is 11.4 Å². The van der Waals surface area contributed by atoms with Crippen LogP contribution in [0.3, 0.4) is 0 Å². The molecule has 0 radical (unpaired) electrons. The van der Waals surface area contributed by atoms with E-state index in [1.165, 1.54) is 10.7 Å². The summed E-state index contributed by atoms with van der Waals surface area (Å²) >= 11 is 0. The van der Waals surface area contributed by atoms with Gasteiger partial charge in [0.25, 0.3) is 10.2 Å². The third-order valence-corrected chi connectivity index (χ3v) is 6.93. The molecule has 1 saturated carbocycles. The second-order valence-corrected chi connectivity index (χ2v) is 9.00. The first-order valence-electron chi connectivity index (χ1n) is 8.18. The van der Waals surface area contributed by atoms with Gasteiger partial charge in [-0.15, -0.1) is 0 Å². The van der Waals surface area contributed by atoms with Crippen molar-refractivity contribution in [2.24, 2.45) is 11.8 Å². The van der Waals surface area contributed by atoms with Gasteiger partial charge in [0.15, 0.2) is 0 Å². The number of rotatable bonds is 5. The van der Waals surface area contributed by atoms with Gasteiger partial charge < -0.3 is 4.42 Å². The molecule has 2 fully saturated rings. The van der Waals surface area contributed by atoms with Gasteiger partial charge >= 0.3 is 0 Å². The van der Waals surface area contributed by atoms with Crippen molar-refractivity contribution in [1.82, 2.24) is 8.61 Å². The molecule has 1 aromatic heterocycles. The van der Waals surface area contributed by atoms with Crippen molar-refractivity contribution in [2.75, 3.05) is 20.1 Å². The van der Waals surface area contributed by atoms with Crippen molar-refractivity contribution in [3.63, 3.8) is 0 Å². The first kappa shape index (κ1) is 16.0. The molecule has 2 atom stereocenters. The van der Waals surface area contributed by atoms with Crippen molar-refractivity contribution in [3.8, 4) is 0 Å². The normalized spacial score (nSPS) is 27.5. The van der Waals surface area contributed by atoms with Crippen LogP contribution in [0.4, 0.5) is 0 Å². The minimum atomic E-state index is -3.38. The molecule has 124 valence electrons. The predicted octanol–water partition coefficient (Wildman–Crippen LogP) is 2.81. The third kappa shape index (κ3) is 3.24. The molecule has 1 aliphatic heterocycles. The van der Waals surface area contributed by atoms with E-state index < -0.39 is 10.2 Å². The highest BCUT2D eigenvalue weighted by atomic mass is 32.2. The average Bonchev–Trinajstić information content (AvgIpc) is 3.02. The fourth-order valence-electron chi connectivity index (χ4n) is 3.11. The van der Waals surface area contributed by atoms with Gasteiger partial charge in [0.2, 0.25) is 0 Å². The molecule has 0 N–H and O–H groups in total. The Morgan fingerprint density at radius 3 is 2.50 bits per heavy atom. The van der Waals surface area contributed by atoms with Crippen molar-refractivity contribution in [2.45, 2.75) is 45.6 Å². The van der Waals surface area contributed by atoms with Crippen LogP contribution < -0.4 is 0 Å². The zero-order valence-corrected chi connectivity index (χ0v) is 14.5. The zero-order valence-electron chi connectivity index (χ0n) is 13.7. The Balaban J connectivity index is 1.63. The fourth-order valence-corrected chi connectivity index (χ4v) is 4.47. The van der Waals surface area contributed by atoms with E-state index in [0.717, 1.165) is 24.4 Å². The summed E-state index contributed by atoms with van der Waals surface area (Å²) in [5.41, 5.74) is 0. The van der Waals surface area contributed by atoms with Gasteiger partial charge in [-0.05, 0) is 43.2 Å². The van der Waals surface area contributed by atoms with E-state index in [4.69, 9.17) is 4.42 Å². The van der Waals surface area contributed by atoms with Crippen LogP contribution >= 0.6 is 0 Å². The third-order valence-electron chi connectivity index (χ3n) is 5.00. The van der Waals surface area contributed by atoms with Crippen molar-refractivity contribution in [1.29, 1.82) is 0 Å². The Morgan fingerprint density at radius 2 is 1.91 bits per heavy atom. The minimum absolute atomic E-state index is 0.301. The number of hydrogen-bond donors (Lipinski definition) is 0. The molecule has 1 aliphatic carbocycles. The second kappa shape index (κ2) is 5.98. The van der Waals surface area contributed by atoms with E-state index in [9.17, 15) is 8.42 Å². The molecule has 2 heterocycles. The molecular formula is C16H26N2O3S. The lowest BCUT2D eigenvalue weighted by Crippen LogP contribution is -2.45. The highest BCUT2D eigenvalue weighted by Gasteiger charge is 2.37. The highest BCUT2D eigenvalue weighted by molar-refractivity contribution is 7.86. The lowest BCUT2D eigenvalue weighted by atomic mass is 10.0. The number of nitrogens with zero attached hydrogens (tertiary/aromatic N) is 2. The maximum absolute atomic E-state index is 12.6. The first-order chi connectivity index (χ1) is 10.4. The van der Waals surface area contributed by atoms with Crippen molar-refractivity contribution >= 4 is 10.2 Å². The molecule has 0 amide bonds. The van der Waals surface area contributed by atoms with Gasteiger partial charge in [-0.25, -0.2) is 0 Å². The molecule has 2 aliphatic rings. The molecule has 0 unspecified atom stereocenters. The van der Waals surface area contributed by atoms with Gasteiger partial charge in [-0.2, -0.15) is 17.0 Å². The highest BCUT2D eigenvalue weighted by Crippen LogP contribution is 2.47. The van der Waals surface area contributed by atoms with Crippen molar-refractivity contribution in [3.05, 3.63) is 23.7 Å². The first-order valence-corrected chi connectivity index (χ1v) is 9.57. The largest absolute Gasteiger partial charge is 0.464 e. The van der Waals surface area contributed by atoms with E-state index in [0.29, 0.717) is 37.4 Å². The fraction of sp³-hybridized carbons (Fsp3) is 0.750. The van der Waals surface area contributed by atoms with Crippen LogP contribution in [0.15, 0.2) is 16.5 Å². The molecule has 0 aromatic carbocycles. The summed E-state index contributed by atoms with van der Waals surface area (Å²) in [7, 11) is -1.75. The molecule has 5 nitrogen and oxygen atoms in total. The summed E-state index contributed by atoms with van der Waals surface area (Å²) in [6, 6.07) is 3.90. The SMILES string of the molecule is CC1CCN(S(=O)(=O)N(C)Cc2ccc([C@@H]3C[C@@H]3C)o2)CC1. The molecule has 3 rings (SSSR count). The maximum Gasteiger partial charge on any atom is 0.282 e. The summed E-state index contributed by atoms with van der Waals surface area (Å²) < 4.78 is 34.0. The predicted molar refractivity (Wildman–Crippen MR) is 85.6 cm³/mol.